The van der Waals surface area contributed by atoms with Crippen molar-refractivity contribution in [2.45, 2.75) is 103 Å². The minimum atomic E-state index is -0.748. The fourth-order valence-electron chi connectivity index (χ4n) is 6.14. The topological polar surface area (TPSA) is 143 Å². The third-order valence-corrected chi connectivity index (χ3v) is 8.84. The zero-order chi connectivity index (χ0) is 34.0. The van der Waals surface area contributed by atoms with E-state index in [1.807, 2.05) is 18.2 Å². The summed E-state index contributed by atoms with van der Waals surface area (Å²) in [5, 5.41) is 41.8. The van der Waals surface area contributed by atoms with Crippen LogP contribution in [0.3, 0.4) is 0 Å². The summed E-state index contributed by atoms with van der Waals surface area (Å²) < 4.78 is 0. The molecule has 1 heterocycles. The lowest BCUT2D eigenvalue weighted by Gasteiger charge is -2.25. The number of aliphatic carboxylic acids is 1. The number of carboxylic acid groups (broad SMARTS) is 1. The first kappa shape index (κ1) is 37.8. The second kappa shape index (κ2) is 20.5. The Morgan fingerprint density at radius 2 is 1.79 bits per heavy atom. The number of carbonyl (C=O) groups is 2. The van der Waals surface area contributed by atoms with Gasteiger partial charge in [0.2, 0.25) is 0 Å². The van der Waals surface area contributed by atoms with Crippen LogP contribution in [0.5, 0.6) is 5.75 Å². The van der Waals surface area contributed by atoms with E-state index in [4.69, 9.17) is 5.11 Å². The van der Waals surface area contributed by atoms with Crippen LogP contribution >= 0.6 is 0 Å². The summed E-state index contributed by atoms with van der Waals surface area (Å²) in [5.41, 5.74) is 3.27. The number of unbranched alkanes of at least 4 members (excludes halogenated alkanes) is 6. The summed E-state index contributed by atoms with van der Waals surface area (Å²) in [4.78, 5) is 29.2. The molecule has 4 atom stereocenters. The summed E-state index contributed by atoms with van der Waals surface area (Å²) in [6, 6.07) is 15.7. The molecule has 2 aliphatic rings. The van der Waals surface area contributed by atoms with E-state index in [-0.39, 0.29) is 36.2 Å². The average Bonchev–Trinajstić information content (AvgIpc) is 3.65. The number of amidine groups is 1. The van der Waals surface area contributed by atoms with Crippen LogP contribution in [0.4, 0.5) is 11.4 Å². The molecule has 1 saturated carbocycles. The van der Waals surface area contributed by atoms with E-state index < -0.39 is 18.2 Å². The van der Waals surface area contributed by atoms with E-state index in [1.54, 1.807) is 18.2 Å². The molecule has 2 aromatic carbocycles. The van der Waals surface area contributed by atoms with Crippen molar-refractivity contribution in [1.29, 1.82) is 0 Å². The van der Waals surface area contributed by atoms with Gasteiger partial charge in [-0.1, -0.05) is 87.8 Å². The number of aliphatic hydroxyl groups is 2. The Balaban J connectivity index is 0.000000260. The molecule has 1 aliphatic carbocycles. The Labute approximate surface area is 280 Å². The van der Waals surface area contributed by atoms with Gasteiger partial charge in [-0.3, -0.25) is 14.6 Å². The van der Waals surface area contributed by atoms with E-state index in [0.717, 1.165) is 88.1 Å². The number of phenols is 1. The lowest BCUT2D eigenvalue weighted by molar-refractivity contribution is -0.137. The molecule has 1 aliphatic heterocycles. The number of nitrogens with one attached hydrogen (secondary N) is 1. The second-order valence-corrected chi connectivity index (χ2v) is 12.8. The molecule has 1 fully saturated rings. The van der Waals surface area contributed by atoms with Gasteiger partial charge in [-0.25, -0.2) is 0 Å². The zero-order valence-electron chi connectivity index (χ0n) is 28.2. The lowest BCUT2D eigenvalue weighted by atomic mass is 9.88. The molecule has 4 unspecified atom stereocenters. The van der Waals surface area contributed by atoms with Crippen LogP contribution in [0.25, 0.3) is 0 Å². The molecule has 0 radical (unpaired) electrons. The van der Waals surface area contributed by atoms with E-state index >= 15 is 0 Å². The van der Waals surface area contributed by atoms with Crippen LogP contribution in [0.2, 0.25) is 0 Å². The van der Waals surface area contributed by atoms with Gasteiger partial charge in [0, 0.05) is 48.7 Å². The number of anilines is 2. The van der Waals surface area contributed by atoms with Crippen molar-refractivity contribution in [3.63, 3.8) is 0 Å². The maximum atomic E-state index is 12.2. The van der Waals surface area contributed by atoms with Crippen LogP contribution in [0.15, 0.2) is 65.7 Å². The summed E-state index contributed by atoms with van der Waals surface area (Å²) in [6.07, 6.45) is 12.1. The van der Waals surface area contributed by atoms with Crippen LogP contribution in [-0.4, -0.2) is 69.9 Å². The number of hydrogen-bond acceptors (Lipinski definition) is 8. The van der Waals surface area contributed by atoms with Crippen molar-refractivity contribution in [1.82, 2.24) is 5.32 Å². The van der Waals surface area contributed by atoms with Gasteiger partial charge in [-0.05, 0) is 50.5 Å². The molecule has 0 bridgehead atoms. The summed E-state index contributed by atoms with van der Waals surface area (Å²) in [5.74, 6) is 0.295. The number of carboxylic acids is 1. The van der Waals surface area contributed by atoms with Crippen molar-refractivity contribution in [2.24, 2.45) is 16.8 Å². The van der Waals surface area contributed by atoms with Crippen LogP contribution in [-0.2, 0) is 9.59 Å². The second-order valence-electron chi connectivity index (χ2n) is 12.8. The normalized spacial score (nSPS) is 19.6. The van der Waals surface area contributed by atoms with E-state index in [2.05, 4.69) is 53.3 Å². The predicted molar refractivity (Wildman–Crippen MR) is 188 cm³/mol. The van der Waals surface area contributed by atoms with Crippen LogP contribution in [0.1, 0.15) is 89.5 Å². The van der Waals surface area contributed by atoms with Gasteiger partial charge in [0.15, 0.2) is 0 Å². The van der Waals surface area contributed by atoms with Crippen molar-refractivity contribution in [2.75, 3.05) is 24.5 Å². The molecule has 0 aromatic heterocycles. The van der Waals surface area contributed by atoms with Gasteiger partial charge in [0.1, 0.15) is 17.4 Å². The molecular formula is C38H55N3O6. The Hall–Kier alpha value is -3.69. The number of carbonyl (C=O) groups excluding carboxylic acids is 1. The highest BCUT2D eigenvalue weighted by Crippen LogP contribution is 2.34. The summed E-state index contributed by atoms with van der Waals surface area (Å²) >= 11 is 0. The number of aliphatic imine (C=N–C) groups is 1. The largest absolute Gasteiger partial charge is 0.508 e. The highest BCUT2D eigenvalue weighted by molar-refractivity contribution is 5.90. The monoisotopic (exact) mass is 649 g/mol. The highest BCUT2D eigenvalue weighted by atomic mass is 16.4. The molecule has 9 heteroatoms. The smallest absolute Gasteiger partial charge is 0.303 e. The summed E-state index contributed by atoms with van der Waals surface area (Å²) in [7, 11) is 0. The molecule has 0 amide bonds. The number of rotatable bonds is 18. The highest BCUT2D eigenvalue weighted by Gasteiger charge is 2.39. The number of ketones is 1. The molecule has 0 saturated heterocycles. The van der Waals surface area contributed by atoms with Crippen molar-refractivity contribution >= 4 is 29.0 Å². The molecule has 258 valence electrons. The van der Waals surface area contributed by atoms with Gasteiger partial charge in [0.05, 0.1) is 25.3 Å². The minimum Gasteiger partial charge on any atom is -0.508 e. The van der Waals surface area contributed by atoms with E-state index in [0.29, 0.717) is 13.0 Å². The van der Waals surface area contributed by atoms with E-state index in [1.165, 1.54) is 5.56 Å². The third-order valence-electron chi connectivity index (χ3n) is 8.84. The number of phenolic OH excluding ortho intramolecular Hbond substituents is 1. The first-order chi connectivity index (χ1) is 22.7. The Bertz CT molecular complexity index is 1290. The number of nitrogens with zero attached hydrogens (tertiary/aromatic N) is 2. The van der Waals surface area contributed by atoms with E-state index in [9.17, 15) is 24.9 Å². The van der Waals surface area contributed by atoms with Gasteiger partial charge in [0.25, 0.3) is 0 Å². The Morgan fingerprint density at radius 1 is 1.04 bits per heavy atom. The number of hydrogen-bond donors (Lipinski definition) is 5. The Morgan fingerprint density at radius 3 is 2.47 bits per heavy atom. The number of aryl methyl sites for hydroxylation is 1. The first-order valence-electron chi connectivity index (χ1n) is 17.4. The first-order valence-corrected chi connectivity index (χ1v) is 17.4. The zero-order valence-corrected chi connectivity index (χ0v) is 28.2. The quantitative estimate of drug-likeness (QED) is 0.0887. The minimum absolute atomic E-state index is 0.124. The number of Topliss-reactive ketones (excluding diaryl/α,β-unsaturated/α-hetero) is 1. The predicted octanol–water partition coefficient (Wildman–Crippen LogP) is 6.71. The van der Waals surface area contributed by atoms with Gasteiger partial charge in [-0.2, -0.15) is 0 Å². The SMILES string of the molecule is CCCCCC(O)/C=C/C1C(O)CC(=O)C1CCCCCCCC(=O)O.Cc1ccc(N(CC2=NCCN2)c2cccc(O)c2)cc1. The maximum Gasteiger partial charge on any atom is 0.303 e. The van der Waals surface area contributed by atoms with Crippen LogP contribution in [0, 0.1) is 18.8 Å². The molecule has 4 rings (SSSR count). The van der Waals surface area contributed by atoms with Gasteiger partial charge in [-0.15, -0.1) is 0 Å². The fraction of sp³-hybridized carbons (Fsp3) is 0.553. The van der Waals surface area contributed by atoms with Gasteiger partial charge >= 0.3 is 5.97 Å². The lowest BCUT2D eigenvalue weighted by Crippen LogP contribution is -2.32. The van der Waals surface area contributed by atoms with Crippen molar-refractivity contribution in [3.05, 3.63) is 66.2 Å². The molecule has 47 heavy (non-hydrogen) atoms. The number of aromatic hydroxyl groups is 1. The molecule has 9 nitrogen and oxygen atoms in total. The molecule has 5 N–H and O–H groups in total. The standard InChI is InChI=1S/C21H36O5.C17H19N3O/c1-2-3-7-10-16(22)13-14-18-17(19(23)15-20(18)24)11-8-5-4-6-9-12-21(25)26;1-13-5-7-14(8-6-13)20(12-17-18-9-10-19-17)15-3-2-4-16(21)11-15/h13-14,16-18,20,22,24H,2-12,15H2,1H3,(H,25,26);2-8,11,21H,9-10,12H2,1H3,(H,18,19)/b14-13+;. The molecular weight excluding hydrogens is 594 g/mol. The summed E-state index contributed by atoms with van der Waals surface area (Å²) in [6.45, 7) is 6.60. The Kier molecular flexibility index (Phi) is 16.5. The average molecular weight is 650 g/mol. The number of benzene rings is 2. The van der Waals surface area contributed by atoms with Crippen LogP contribution < -0.4 is 10.2 Å². The molecule has 0 spiro atoms. The third kappa shape index (κ3) is 13.5. The fourth-order valence-corrected chi connectivity index (χ4v) is 6.14. The van der Waals surface area contributed by atoms with Crippen molar-refractivity contribution < 1.29 is 30.0 Å². The van der Waals surface area contributed by atoms with Gasteiger partial charge < -0.3 is 30.6 Å². The number of aliphatic hydroxyl groups excluding tert-OH is 2. The maximum absolute atomic E-state index is 12.2. The molecule has 2 aromatic rings. The van der Waals surface area contributed by atoms with Crippen molar-refractivity contribution in [3.8, 4) is 5.75 Å².